The molecule has 0 aliphatic carbocycles. The van der Waals surface area contributed by atoms with Crippen LogP contribution in [-0.2, 0) is 10.0 Å². The van der Waals surface area contributed by atoms with Crippen molar-refractivity contribution >= 4 is 39.8 Å². The van der Waals surface area contributed by atoms with E-state index in [0.717, 1.165) is 39.1 Å². The number of hydrogen-bond acceptors (Lipinski definition) is 9. The number of aromatic nitrogens is 3. The van der Waals surface area contributed by atoms with E-state index >= 15 is 0 Å². The van der Waals surface area contributed by atoms with Crippen LogP contribution in [-0.4, -0.2) is 85.4 Å². The fourth-order valence-electron chi connectivity index (χ4n) is 3.80. The number of pyridine rings is 1. The lowest BCUT2D eigenvalue weighted by Crippen LogP contribution is -2.45. The van der Waals surface area contributed by atoms with E-state index in [2.05, 4.69) is 41.8 Å². The summed E-state index contributed by atoms with van der Waals surface area (Å²) < 4.78 is 28.1. The predicted molar refractivity (Wildman–Crippen MR) is 145 cm³/mol. The summed E-state index contributed by atoms with van der Waals surface area (Å²) >= 11 is 0. The van der Waals surface area contributed by atoms with Gasteiger partial charge in [-0.1, -0.05) is 12.1 Å². The van der Waals surface area contributed by atoms with Gasteiger partial charge in [0, 0.05) is 44.5 Å². The molecule has 13 heteroatoms. The van der Waals surface area contributed by atoms with Gasteiger partial charge in [-0.2, -0.15) is 0 Å². The number of sulfonamides is 1. The van der Waals surface area contributed by atoms with E-state index in [0.29, 0.717) is 23.5 Å². The van der Waals surface area contributed by atoms with Gasteiger partial charge in [-0.3, -0.25) is 9.78 Å². The van der Waals surface area contributed by atoms with Crippen LogP contribution in [0.25, 0.3) is 11.3 Å². The van der Waals surface area contributed by atoms with Crippen molar-refractivity contribution in [3.8, 4) is 11.3 Å². The Hall–Kier alpha value is -3.16. The molecule has 0 spiro atoms. The summed E-state index contributed by atoms with van der Waals surface area (Å²) in [6.07, 6.45) is 5.28. The minimum Gasteiger partial charge on any atom is -0.382 e. The molecule has 198 valence electrons. The smallest absolute Gasteiger partial charge is 0.278 e. The molecule has 0 bridgehead atoms. The van der Waals surface area contributed by atoms with E-state index in [1.807, 2.05) is 0 Å². The van der Waals surface area contributed by atoms with Crippen LogP contribution < -0.4 is 15.8 Å². The summed E-state index contributed by atoms with van der Waals surface area (Å²) in [5.74, 6) is -0.532. The number of amides is 1. The van der Waals surface area contributed by atoms with Gasteiger partial charge in [0.15, 0.2) is 11.5 Å². The highest BCUT2D eigenvalue weighted by Gasteiger charge is 2.18. The quantitative estimate of drug-likeness (QED) is 0.341. The van der Waals surface area contributed by atoms with Gasteiger partial charge in [-0.05, 0) is 44.3 Å². The maximum atomic E-state index is 12.7. The average Bonchev–Trinajstić information content (AvgIpc) is 2.88. The van der Waals surface area contributed by atoms with Crippen molar-refractivity contribution in [2.45, 2.75) is 11.3 Å². The standard InChI is InChI=1S/C24H30N8O3S.ClH/c1-31-12-14-32(15-13-31)11-3-10-28-36(34,35)20-7-5-18(6-8-20)21-17-27-23(25)22(30-21)24(33)29-19-4-2-9-26-16-19;/h2,4-9,16-17,28H,3,10-15H2,1H3,(H2,25,27)(H,29,33);1H. The normalized spacial score (nSPS) is 14.6. The van der Waals surface area contributed by atoms with Crippen molar-refractivity contribution < 1.29 is 13.2 Å². The zero-order valence-corrected chi connectivity index (χ0v) is 22.1. The molecule has 4 rings (SSSR count). The Morgan fingerprint density at radius 3 is 2.49 bits per heavy atom. The van der Waals surface area contributed by atoms with Gasteiger partial charge in [-0.15, -0.1) is 12.4 Å². The number of nitrogens with one attached hydrogen (secondary N) is 2. The topological polar surface area (TPSA) is 146 Å². The molecule has 1 aliphatic heterocycles. The molecular formula is C24H31ClN8O3S. The number of benzene rings is 1. The van der Waals surface area contributed by atoms with E-state index in [-0.39, 0.29) is 28.8 Å². The summed E-state index contributed by atoms with van der Waals surface area (Å²) in [7, 11) is -1.53. The summed E-state index contributed by atoms with van der Waals surface area (Å²) in [5.41, 5.74) is 7.34. The first-order valence-electron chi connectivity index (χ1n) is 11.7. The van der Waals surface area contributed by atoms with Gasteiger partial charge in [-0.25, -0.2) is 23.1 Å². The zero-order chi connectivity index (χ0) is 25.5. The Morgan fingerprint density at radius 1 is 1.08 bits per heavy atom. The molecule has 37 heavy (non-hydrogen) atoms. The van der Waals surface area contributed by atoms with E-state index in [4.69, 9.17) is 5.73 Å². The van der Waals surface area contributed by atoms with Crippen molar-refractivity contribution in [2.24, 2.45) is 0 Å². The highest BCUT2D eigenvalue weighted by atomic mass is 35.5. The number of nitrogens with two attached hydrogens (primary N) is 1. The summed E-state index contributed by atoms with van der Waals surface area (Å²) in [6, 6.07) is 9.65. The molecule has 1 amide bonds. The highest BCUT2D eigenvalue weighted by Crippen LogP contribution is 2.21. The predicted octanol–water partition coefficient (Wildman–Crippen LogP) is 1.71. The number of carbonyl (C=O) groups is 1. The average molecular weight is 547 g/mol. The number of piperazine rings is 1. The molecular weight excluding hydrogens is 516 g/mol. The molecule has 0 unspecified atom stereocenters. The third-order valence-corrected chi connectivity index (χ3v) is 7.41. The maximum absolute atomic E-state index is 12.7. The highest BCUT2D eigenvalue weighted by molar-refractivity contribution is 7.89. The third kappa shape index (κ3) is 7.66. The molecule has 2 aromatic heterocycles. The van der Waals surface area contributed by atoms with Gasteiger partial charge in [0.25, 0.3) is 5.91 Å². The number of carbonyl (C=O) groups excluding carboxylic acids is 1. The molecule has 0 radical (unpaired) electrons. The largest absolute Gasteiger partial charge is 0.382 e. The van der Waals surface area contributed by atoms with Crippen LogP contribution in [0, 0.1) is 0 Å². The van der Waals surface area contributed by atoms with Gasteiger partial charge in [0.05, 0.1) is 28.7 Å². The second kappa shape index (κ2) is 12.9. The number of rotatable bonds is 9. The third-order valence-electron chi connectivity index (χ3n) is 5.93. The number of likely N-dealkylation sites (N-methyl/N-ethyl adjacent to an activating group) is 1. The van der Waals surface area contributed by atoms with Crippen LogP contribution >= 0.6 is 12.4 Å². The molecule has 0 atom stereocenters. The SMILES string of the molecule is CN1CCN(CCCNS(=O)(=O)c2ccc(-c3cnc(N)c(C(=O)Nc4cccnc4)n3)cc2)CC1.Cl. The van der Waals surface area contributed by atoms with Gasteiger partial charge in [0.2, 0.25) is 10.0 Å². The molecule has 1 aliphatic rings. The number of nitrogen functional groups attached to an aromatic ring is 1. The molecule has 11 nitrogen and oxygen atoms in total. The van der Waals surface area contributed by atoms with Crippen LogP contribution in [0.2, 0.25) is 0 Å². The first-order valence-corrected chi connectivity index (χ1v) is 13.1. The number of nitrogens with zero attached hydrogens (tertiary/aromatic N) is 5. The first kappa shape index (κ1) is 28.4. The molecule has 1 aromatic carbocycles. The fourth-order valence-corrected chi connectivity index (χ4v) is 4.87. The van der Waals surface area contributed by atoms with Crippen molar-refractivity contribution in [2.75, 3.05) is 57.4 Å². The second-order valence-corrected chi connectivity index (χ2v) is 10.4. The van der Waals surface area contributed by atoms with Crippen LogP contribution in [0.15, 0.2) is 59.9 Å². The number of hydrogen-bond donors (Lipinski definition) is 3. The molecule has 1 saturated heterocycles. The van der Waals surface area contributed by atoms with E-state index in [1.54, 1.807) is 30.5 Å². The van der Waals surface area contributed by atoms with Crippen molar-refractivity contribution in [3.05, 3.63) is 60.7 Å². The Labute approximate surface area is 223 Å². The monoisotopic (exact) mass is 546 g/mol. The van der Waals surface area contributed by atoms with Crippen LogP contribution in [0.3, 0.4) is 0 Å². The van der Waals surface area contributed by atoms with E-state index < -0.39 is 15.9 Å². The molecule has 3 heterocycles. The molecule has 4 N–H and O–H groups in total. The van der Waals surface area contributed by atoms with Crippen LogP contribution in [0.1, 0.15) is 16.9 Å². The Bertz CT molecular complexity index is 1290. The maximum Gasteiger partial charge on any atom is 0.278 e. The van der Waals surface area contributed by atoms with Crippen LogP contribution in [0.5, 0.6) is 0 Å². The van der Waals surface area contributed by atoms with E-state index in [9.17, 15) is 13.2 Å². The van der Waals surface area contributed by atoms with E-state index in [1.165, 1.54) is 24.5 Å². The van der Waals surface area contributed by atoms with Gasteiger partial charge in [0.1, 0.15) is 0 Å². The number of halogens is 1. The fraction of sp³-hybridized carbons (Fsp3) is 0.333. The minimum absolute atomic E-state index is 0. The molecule has 1 fully saturated rings. The van der Waals surface area contributed by atoms with Crippen molar-refractivity contribution in [1.82, 2.24) is 29.5 Å². The van der Waals surface area contributed by atoms with Gasteiger partial charge < -0.3 is 20.9 Å². The lowest BCUT2D eigenvalue weighted by Gasteiger charge is -2.32. The second-order valence-electron chi connectivity index (χ2n) is 8.61. The zero-order valence-electron chi connectivity index (χ0n) is 20.5. The molecule has 3 aromatic rings. The minimum atomic E-state index is -3.64. The first-order chi connectivity index (χ1) is 17.3. The van der Waals surface area contributed by atoms with Crippen molar-refractivity contribution in [1.29, 1.82) is 0 Å². The van der Waals surface area contributed by atoms with Gasteiger partial charge >= 0.3 is 0 Å². The van der Waals surface area contributed by atoms with Crippen LogP contribution in [0.4, 0.5) is 11.5 Å². The summed E-state index contributed by atoms with van der Waals surface area (Å²) in [6.45, 7) is 5.31. The Balaban J connectivity index is 0.00000380. The lowest BCUT2D eigenvalue weighted by molar-refractivity contribution is 0.102. The lowest BCUT2D eigenvalue weighted by atomic mass is 10.1. The summed E-state index contributed by atoms with van der Waals surface area (Å²) in [5, 5.41) is 2.68. The Kier molecular flexibility index (Phi) is 9.89. The Morgan fingerprint density at radius 2 is 1.81 bits per heavy atom. The number of anilines is 2. The van der Waals surface area contributed by atoms with Crippen molar-refractivity contribution in [3.63, 3.8) is 0 Å². The summed E-state index contributed by atoms with van der Waals surface area (Å²) in [4.78, 5) is 29.8. The molecule has 0 saturated carbocycles.